The molecular weight excluding hydrogens is 390 g/mol. The smallest absolute Gasteiger partial charge is 0.310 e. The topological polar surface area (TPSA) is 150 Å². The number of nitro benzene ring substituents is 1. The van der Waals surface area contributed by atoms with E-state index < -0.39 is 21.3 Å². The molecule has 1 amide bonds. The number of rotatable bonds is 6. The highest BCUT2D eigenvalue weighted by molar-refractivity contribution is 7.18. The minimum atomic E-state index is -0.761. The average Bonchev–Trinajstić information content (AvgIpc) is 3.12. The number of nitrogens with one attached hydrogen (secondary N) is 1. The van der Waals surface area contributed by atoms with Crippen LogP contribution in [0, 0.1) is 20.2 Å². The van der Waals surface area contributed by atoms with Gasteiger partial charge in [0.1, 0.15) is 11.8 Å². The van der Waals surface area contributed by atoms with Gasteiger partial charge in [0.2, 0.25) is 0 Å². The Hall–Kier alpha value is -3.93. The van der Waals surface area contributed by atoms with Crippen LogP contribution in [0.25, 0.3) is 0 Å². The molecule has 12 heteroatoms. The zero-order valence-corrected chi connectivity index (χ0v) is 14.8. The summed E-state index contributed by atoms with van der Waals surface area (Å²) in [5, 5.41) is 23.6. The van der Waals surface area contributed by atoms with E-state index in [1.54, 1.807) is 6.07 Å². The molecule has 11 nitrogen and oxygen atoms in total. The van der Waals surface area contributed by atoms with Crippen LogP contribution in [0.15, 0.2) is 53.6 Å². The second-order valence-electron chi connectivity index (χ2n) is 5.50. The Labute approximate surface area is 160 Å². The van der Waals surface area contributed by atoms with Gasteiger partial charge in [-0.15, -0.1) is 0 Å². The Morgan fingerprint density at radius 3 is 2.64 bits per heavy atom. The zero-order valence-electron chi connectivity index (χ0n) is 14.0. The fourth-order valence-electron chi connectivity index (χ4n) is 2.37. The van der Waals surface area contributed by atoms with Crippen molar-refractivity contribution in [1.82, 2.24) is 9.55 Å². The van der Waals surface area contributed by atoms with Crippen molar-refractivity contribution >= 4 is 33.1 Å². The van der Waals surface area contributed by atoms with Crippen LogP contribution in [0.1, 0.15) is 15.9 Å². The molecular formula is C16H11N5O6S. The number of nitrogens with zero attached hydrogens (tertiary/aromatic N) is 4. The van der Waals surface area contributed by atoms with Crippen molar-refractivity contribution in [2.24, 2.45) is 0 Å². The fourth-order valence-corrected chi connectivity index (χ4v) is 3.00. The molecule has 0 atom stereocenters. The molecule has 0 radical (unpaired) electrons. The third-order valence-corrected chi connectivity index (χ3v) is 4.50. The maximum Gasteiger partial charge on any atom is 0.345 e. The first-order valence-corrected chi connectivity index (χ1v) is 8.51. The summed E-state index contributed by atoms with van der Waals surface area (Å²) in [4.78, 5) is 49.0. The number of amides is 1. The van der Waals surface area contributed by atoms with E-state index in [2.05, 4.69) is 10.3 Å². The summed E-state index contributed by atoms with van der Waals surface area (Å²) in [7, 11) is 0. The zero-order chi connectivity index (χ0) is 20.3. The summed E-state index contributed by atoms with van der Waals surface area (Å²) in [6, 6.07) is 8.60. The van der Waals surface area contributed by atoms with Gasteiger partial charge in [0.15, 0.2) is 5.13 Å². The molecule has 0 saturated carbocycles. The van der Waals surface area contributed by atoms with E-state index in [-0.39, 0.29) is 27.9 Å². The van der Waals surface area contributed by atoms with Gasteiger partial charge in [0, 0.05) is 18.3 Å². The lowest BCUT2D eigenvalue weighted by Crippen LogP contribution is -2.29. The lowest BCUT2D eigenvalue weighted by atomic mass is 10.2. The number of nitro groups is 2. The standard InChI is InChI=1S/C16H11N5O6S/c22-14(18-16-17-8-13(28-16)21(26)27)12-5-2-6-19(15(12)23)9-10-3-1-4-11(7-10)20(24)25/h1-8H,9H2,(H,17,18,22). The van der Waals surface area contributed by atoms with Gasteiger partial charge >= 0.3 is 5.00 Å². The molecule has 0 aliphatic rings. The summed E-state index contributed by atoms with van der Waals surface area (Å²) in [5.41, 5.74) is -0.391. The number of non-ortho nitro benzene ring substituents is 1. The first-order chi connectivity index (χ1) is 13.3. The number of hydrogen-bond donors (Lipinski definition) is 1. The summed E-state index contributed by atoms with van der Waals surface area (Å²) >= 11 is 0.666. The van der Waals surface area contributed by atoms with Crippen LogP contribution in [-0.2, 0) is 6.54 Å². The summed E-state index contributed by atoms with van der Waals surface area (Å²) in [6.45, 7) is 0.0321. The molecule has 0 saturated heterocycles. The van der Waals surface area contributed by atoms with Gasteiger partial charge in [-0.1, -0.05) is 12.1 Å². The molecule has 0 aliphatic heterocycles. The maximum atomic E-state index is 12.6. The predicted molar refractivity (Wildman–Crippen MR) is 99.6 cm³/mol. The third kappa shape index (κ3) is 4.07. The first-order valence-electron chi connectivity index (χ1n) is 7.69. The maximum absolute atomic E-state index is 12.6. The molecule has 0 bridgehead atoms. The summed E-state index contributed by atoms with van der Waals surface area (Å²) in [6.07, 6.45) is 2.46. The molecule has 3 aromatic rings. The highest BCUT2D eigenvalue weighted by Gasteiger charge is 2.17. The van der Waals surface area contributed by atoms with Crippen molar-refractivity contribution in [1.29, 1.82) is 0 Å². The van der Waals surface area contributed by atoms with Crippen molar-refractivity contribution in [2.75, 3.05) is 5.32 Å². The van der Waals surface area contributed by atoms with E-state index in [0.29, 0.717) is 16.9 Å². The van der Waals surface area contributed by atoms with E-state index in [1.807, 2.05) is 0 Å². The van der Waals surface area contributed by atoms with Gasteiger partial charge in [-0.25, -0.2) is 4.98 Å². The van der Waals surface area contributed by atoms with Crippen molar-refractivity contribution in [3.8, 4) is 0 Å². The summed E-state index contributed by atoms with van der Waals surface area (Å²) in [5.74, 6) is -0.761. The monoisotopic (exact) mass is 401 g/mol. The molecule has 0 unspecified atom stereocenters. The number of carbonyl (C=O) groups is 1. The van der Waals surface area contributed by atoms with Gasteiger partial charge in [0.25, 0.3) is 17.2 Å². The second kappa shape index (κ2) is 7.75. The minimum absolute atomic E-state index is 0.00909. The quantitative estimate of drug-likeness (QED) is 0.492. The van der Waals surface area contributed by atoms with E-state index in [9.17, 15) is 29.8 Å². The number of pyridine rings is 1. The number of benzene rings is 1. The molecule has 1 aromatic carbocycles. The molecule has 0 spiro atoms. The molecule has 0 fully saturated rings. The molecule has 0 aliphatic carbocycles. The fraction of sp³-hybridized carbons (Fsp3) is 0.0625. The Kier molecular flexibility index (Phi) is 5.22. The number of hydrogen-bond acceptors (Lipinski definition) is 8. The minimum Gasteiger partial charge on any atom is -0.310 e. The Morgan fingerprint density at radius 1 is 1.18 bits per heavy atom. The lowest BCUT2D eigenvalue weighted by Gasteiger charge is -2.08. The van der Waals surface area contributed by atoms with Gasteiger partial charge in [-0.05, 0) is 29.0 Å². The molecule has 2 heterocycles. The highest BCUT2D eigenvalue weighted by atomic mass is 32.1. The SMILES string of the molecule is O=C(Nc1ncc([N+](=O)[O-])s1)c1cccn(Cc2cccc([N+](=O)[O-])c2)c1=O. The third-order valence-electron chi connectivity index (χ3n) is 3.63. The van der Waals surface area contributed by atoms with Gasteiger partial charge in [0.05, 0.1) is 16.4 Å². The van der Waals surface area contributed by atoms with E-state index in [0.717, 1.165) is 6.20 Å². The van der Waals surface area contributed by atoms with Crippen molar-refractivity contribution in [3.05, 3.63) is 90.5 Å². The van der Waals surface area contributed by atoms with Crippen LogP contribution in [0.4, 0.5) is 15.8 Å². The highest BCUT2D eigenvalue weighted by Crippen LogP contribution is 2.25. The van der Waals surface area contributed by atoms with E-state index in [4.69, 9.17) is 0 Å². The van der Waals surface area contributed by atoms with Crippen LogP contribution >= 0.6 is 11.3 Å². The normalized spacial score (nSPS) is 10.4. The molecule has 142 valence electrons. The predicted octanol–water partition coefficient (Wildman–Crippen LogP) is 2.42. The van der Waals surface area contributed by atoms with Gasteiger partial charge < -0.3 is 4.57 Å². The number of carbonyl (C=O) groups excluding carboxylic acids is 1. The molecule has 2 aromatic heterocycles. The van der Waals surface area contributed by atoms with Crippen LogP contribution < -0.4 is 10.9 Å². The van der Waals surface area contributed by atoms with Crippen LogP contribution in [-0.4, -0.2) is 25.3 Å². The number of aromatic nitrogens is 2. The Morgan fingerprint density at radius 2 is 1.96 bits per heavy atom. The van der Waals surface area contributed by atoms with Crippen LogP contribution in [0.3, 0.4) is 0 Å². The molecule has 3 rings (SSSR count). The van der Waals surface area contributed by atoms with Gasteiger partial charge in [-0.2, -0.15) is 0 Å². The van der Waals surface area contributed by atoms with E-state index in [1.165, 1.54) is 41.1 Å². The van der Waals surface area contributed by atoms with Crippen LogP contribution in [0.2, 0.25) is 0 Å². The lowest BCUT2D eigenvalue weighted by molar-refractivity contribution is -0.384. The Balaban J connectivity index is 1.83. The van der Waals surface area contributed by atoms with Gasteiger partial charge in [-0.3, -0.25) is 35.1 Å². The average molecular weight is 401 g/mol. The second-order valence-corrected chi connectivity index (χ2v) is 6.51. The first kappa shape index (κ1) is 18.8. The summed E-state index contributed by atoms with van der Waals surface area (Å²) < 4.78 is 1.23. The van der Waals surface area contributed by atoms with Crippen molar-refractivity contribution < 1.29 is 14.6 Å². The largest absolute Gasteiger partial charge is 0.345 e. The number of thiazole rings is 1. The molecule has 1 N–H and O–H groups in total. The van der Waals surface area contributed by atoms with Crippen molar-refractivity contribution in [2.45, 2.75) is 6.54 Å². The molecule has 28 heavy (non-hydrogen) atoms. The van der Waals surface area contributed by atoms with Crippen LogP contribution in [0.5, 0.6) is 0 Å². The Bertz CT molecular complexity index is 1140. The van der Waals surface area contributed by atoms with E-state index >= 15 is 0 Å². The number of anilines is 1. The van der Waals surface area contributed by atoms with Crippen molar-refractivity contribution in [3.63, 3.8) is 0 Å².